The van der Waals surface area contributed by atoms with Gasteiger partial charge in [0.1, 0.15) is 11.5 Å². The molecule has 0 aliphatic rings. The molecule has 1 N–H and O–H groups in total. The Morgan fingerprint density at radius 1 is 1.03 bits per heavy atom. The van der Waals surface area contributed by atoms with E-state index in [2.05, 4.69) is 10.3 Å². The quantitative estimate of drug-likeness (QED) is 0.480. The first-order valence-electron chi connectivity index (χ1n) is 10.1. The van der Waals surface area contributed by atoms with Crippen molar-refractivity contribution in [3.8, 4) is 5.75 Å². The Bertz CT molecular complexity index is 1290. The number of pyridine rings is 1. The van der Waals surface area contributed by atoms with Gasteiger partial charge in [-0.1, -0.05) is 24.3 Å². The maximum Gasteiger partial charge on any atom is 0.239 e. The van der Waals surface area contributed by atoms with Gasteiger partial charge in [-0.05, 0) is 61.0 Å². The van der Waals surface area contributed by atoms with Gasteiger partial charge in [-0.2, -0.15) is 0 Å². The van der Waals surface area contributed by atoms with Crippen molar-refractivity contribution in [3.05, 3.63) is 89.2 Å². The number of nitrogens with one attached hydrogen (secondary N) is 1. The number of aromatic nitrogens is 1. The second-order valence-corrected chi connectivity index (χ2v) is 9.44. The van der Waals surface area contributed by atoms with Crippen LogP contribution in [0.4, 0.5) is 5.69 Å². The number of benzene rings is 2. The highest BCUT2D eigenvalue weighted by Gasteiger charge is 2.20. The van der Waals surface area contributed by atoms with E-state index in [1.807, 2.05) is 36.4 Å². The van der Waals surface area contributed by atoms with Crippen molar-refractivity contribution in [1.82, 2.24) is 4.98 Å². The molecule has 0 bridgehead atoms. The molecule has 8 heteroatoms. The SMILES string of the molecule is COc1ccc(C(C)=O)cc1CS(=O)(=O)CC(=O)Nc1cccc(C=Cc2ccccn2)c1. The molecule has 0 radical (unpaired) electrons. The van der Waals surface area contributed by atoms with Gasteiger partial charge in [0.15, 0.2) is 15.6 Å². The lowest BCUT2D eigenvalue weighted by molar-refractivity contribution is -0.113. The number of anilines is 1. The van der Waals surface area contributed by atoms with Crippen LogP contribution in [0.25, 0.3) is 12.2 Å². The molecule has 0 fully saturated rings. The van der Waals surface area contributed by atoms with Gasteiger partial charge in [0.05, 0.1) is 18.6 Å². The highest BCUT2D eigenvalue weighted by atomic mass is 32.2. The van der Waals surface area contributed by atoms with Crippen molar-refractivity contribution >= 4 is 39.4 Å². The molecule has 0 unspecified atom stereocenters. The van der Waals surface area contributed by atoms with Crippen molar-refractivity contribution < 1.29 is 22.7 Å². The molecular weight excluding hydrogens is 440 g/mol. The van der Waals surface area contributed by atoms with Gasteiger partial charge < -0.3 is 10.1 Å². The molecule has 0 saturated heterocycles. The summed E-state index contributed by atoms with van der Waals surface area (Å²) in [4.78, 5) is 28.3. The minimum Gasteiger partial charge on any atom is -0.496 e. The van der Waals surface area contributed by atoms with Gasteiger partial charge in [0, 0.05) is 23.0 Å². The van der Waals surface area contributed by atoms with Crippen LogP contribution >= 0.6 is 0 Å². The molecule has 1 amide bonds. The summed E-state index contributed by atoms with van der Waals surface area (Å²) in [6, 6.07) is 17.2. The van der Waals surface area contributed by atoms with Gasteiger partial charge >= 0.3 is 0 Å². The summed E-state index contributed by atoms with van der Waals surface area (Å²) in [5, 5.41) is 2.63. The number of carbonyl (C=O) groups excluding carboxylic acids is 2. The second kappa shape index (κ2) is 10.7. The largest absolute Gasteiger partial charge is 0.496 e. The average Bonchev–Trinajstić information content (AvgIpc) is 2.77. The third-order valence-electron chi connectivity index (χ3n) is 4.72. The normalized spacial score (nSPS) is 11.3. The van der Waals surface area contributed by atoms with E-state index in [0.29, 0.717) is 22.6 Å². The Kier molecular flexibility index (Phi) is 7.74. The molecule has 3 aromatic rings. The zero-order valence-corrected chi connectivity index (χ0v) is 19.1. The topological polar surface area (TPSA) is 102 Å². The van der Waals surface area contributed by atoms with Gasteiger partial charge in [0.2, 0.25) is 5.91 Å². The number of methoxy groups -OCH3 is 1. The standard InChI is InChI=1S/C25H24N2O5S/c1-18(28)20-10-12-24(32-2)21(15-20)16-33(30,31)17-25(29)27-23-8-5-6-19(14-23)9-11-22-7-3-4-13-26-22/h3-15H,16-17H2,1-2H3,(H,27,29). The Hall–Kier alpha value is -3.78. The molecule has 7 nitrogen and oxygen atoms in total. The molecule has 1 heterocycles. The van der Waals surface area contributed by atoms with E-state index in [1.54, 1.807) is 36.5 Å². The minimum absolute atomic E-state index is 0.189. The monoisotopic (exact) mass is 464 g/mol. The first-order chi connectivity index (χ1) is 15.8. The molecular formula is C25H24N2O5S. The van der Waals surface area contributed by atoms with Crippen molar-refractivity contribution in [2.24, 2.45) is 0 Å². The van der Waals surface area contributed by atoms with Gasteiger partial charge in [-0.3, -0.25) is 14.6 Å². The number of amides is 1. The van der Waals surface area contributed by atoms with Gasteiger partial charge in [-0.15, -0.1) is 0 Å². The lowest BCUT2D eigenvalue weighted by Crippen LogP contribution is -2.24. The Balaban J connectivity index is 1.67. The number of carbonyl (C=O) groups is 2. The van der Waals surface area contributed by atoms with Crippen molar-refractivity contribution in [3.63, 3.8) is 0 Å². The molecule has 0 spiro atoms. The van der Waals surface area contributed by atoms with E-state index < -0.39 is 27.3 Å². The first kappa shape index (κ1) is 23.9. The summed E-state index contributed by atoms with van der Waals surface area (Å²) in [5.74, 6) is -1.61. The highest BCUT2D eigenvalue weighted by molar-refractivity contribution is 7.91. The number of sulfone groups is 1. The van der Waals surface area contributed by atoms with Crippen LogP contribution in [0.15, 0.2) is 66.9 Å². The van der Waals surface area contributed by atoms with Crippen LogP contribution < -0.4 is 10.1 Å². The van der Waals surface area contributed by atoms with Crippen molar-refractivity contribution in [2.45, 2.75) is 12.7 Å². The smallest absolute Gasteiger partial charge is 0.239 e. The van der Waals surface area contributed by atoms with Crippen LogP contribution in [-0.4, -0.2) is 38.0 Å². The van der Waals surface area contributed by atoms with Crippen LogP contribution in [0.1, 0.15) is 34.1 Å². The molecule has 1 aromatic heterocycles. The Morgan fingerprint density at radius 2 is 1.85 bits per heavy atom. The molecule has 3 rings (SSSR count). The second-order valence-electron chi connectivity index (χ2n) is 7.38. The summed E-state index contributed by atoms with van der Waals surface area (Å²) in [6.45, 7) is 1.40. The summed E-state index contributed by atoms with van der Waals surface area (Å²) >= 11 is 0. The van der Waals surface area contributed by atoms with E-state index in [4.69, 9.17) is 4.74 Å². The first-order valence-corrected chi connectivity index (χ1v) is 12.0. The van der Waals surface area contributed by atoms with Crippen LogP contribution in [-0.2, 0) is 20.4 Å². The van der Waals surface area contributed by atoms with Crippen LogP contribution in [0.5, 0.6) is 5.75 Å². The van der Waals surface area contributed by atoms with Crippen LogP contribution in [0, 0.1) is 0 Å². The number of hydrogen-bond acceptors (Lipinski definition) is 6. The number of hydrogen-bond donors (Lipinski definition) is 1. The third-order valence-corrected chi connectivity index (χ3v) is 6.17. The van der Waals surface area contributed by atoms with Gasteiger partial charge in [-0.25, -0.2) is 8.42 Å². The number of nitrogens with zero attached hydrogens (tertiary/aromatic N) is 1. The lowest BCUT2D eigenvalue weighted by atomic mass is 10.1. The fourth-order valence-corrected chi connectivity index (χ4v) is 4.44. The van der Waals surface area contributed by atoms with Gasteiger partial charge in [0.25, 0.3) is 0 Å². The molecule has 170 valence electrons. The van der Waals surface area contributed by atoms with E-state index >= 15 is 0 Å². The minimum atomic E-state index is -3.81. The third kappa shape index (κ3) is 7.11. The molecule has 0 aliphatic carbocycles. The van der Waals surface area contributed by atoms with Crippen molar-refractivity contribution in [2.75, 3.05) is 18.2 Å². The predicted molar refractivity (Wildman–Crippen MR) is 129 cm³/mol. The summed E-state index contributed by atoms with van der Waals surface area (Å²) in [7, 11) is -2.39. The maximum absolute atomic E-state index is 12.7. The van der Waals surface area contributed by atoms with Crippen molar-refractivity contribution in [1.29, 1.82) is 0 Å². The van der Waals surface area contributed by atoms with E-state index in [9.17, 15) is 18.0 Å². The highest BCUT2D eigenvalue weighted by Crippen LogP contribution is 2.23. The zero-order chi connectivity index (χ0) is 23.8. The zero-order valence-electron chi connectivity index (χ0n) is 18.3. The van der Waals surface area contributed by atoms with Crippen LogP contribution in [0.3, 0.4) is 0 Å². The van der Waals surface area contributed by atoms with E-state index in [1.165, 1.54) is 20.1 Å². The number of Topliss-reactive ketones (excluding diaryl/α,β-unsaturated/α-hetero) is 1. The summed E-state index contributed by atoms with van der Waals surface area (Å²) < 4.78 is 30.5. The molecule has 0 saturated carbocycles. The number of ketones is 1. The molecule has 0 atom stereocenters. The fraction of sp³-hybridized carbons (Fsp3) is 0.160. The average molecular weight is 465 g/mol. The summed E-state index contributed by atoms with van der Waals surface area (Å²) in [5.41, 5.74) is 2.81. The number of rotatable bonds is 9. The van der Waals surface area contributed by atoms with E-state index in [0.717, 1.165) is 11.3 Å². The molecule has 2 aromatic carbocycles. The Labute approximate surface area is 193 Å². The fourth-order valence-electron chi connectivity index (χ4n) is 3.17. The molecule has 33 heavy (non-hydrogen) atoms. The lowest BCUT2D eigenvalue weighted by Gasteiger charge is -2.11. The maximum atomic E-state index is 12.7. The summed E-state index contributed by atoms with van der Waals surface area (Å²) in [6.07, 6.45) is 5.39. The van der Waals surface area contributed by atoms with Crippen LogP contribution in [0.2, 0.25) is 0 Å². The molecule has 0 aliphatic heterocycles. The Morgan fingerprint density at radius 3 is 2.55 bits per heavy atom. The predicted octanol–water partition coefficient (Wildman–Crippen LogP) is 4.02. The number of ether oxygens (including phenoxy) is 1. The van der Waals surface area contributed by atoms with E-state index in [-0.39, 0.29) is 5.78 Å².